The molecule has 19 heavy (non-hydrogen) atoms. The molecule has 4 nitrogen and oxygen atoms in total. The fraction of sp³-hybridized carbons (Fsp3) is 0.533. The lowest BCUT2D eigenvalue weighted by Gasteiger charge is -2.25. The van der Waals surface area contributed by atoms with Crippen LogP contribution in [0.1, 0.15) is 37.4 Å². The van der Waals surface area contributed by atoms with Crippen LogP contribution in [0.25, 0.3) is 0 Å². The number of likely N-dealkylation sites (N-methyl/N-ethyl adjacent to an activating group) is 1. The average Bonchev–Trinajstić information content (AvgIpc) is 2.72. The van der Waals surface area contributed by atoms with Gasteiger partial charge in [0.25, 0.3) is 0 Å². The van der Waals surface area contributed by atoms with Crippen molar-refractivity contribution >= 4 is 5.91 Å². The maximum absolute atomic E-state index is 11.8. The number of carbonyl (C=O) groups is 1. The van der Waals surface area contributed by atoms with Gasteiger partial charge in [-0.2, -0.15) is 0 Å². The first-order valence-electron chi connectivity index (χ1n) is 6.79. The quantitative estimate of drug-likeness (QED) is 0.870. The monoisotopic (exact) mass is 262 g/mol. The Hall–Kier alpha value is -1.55. The van der Waals surface area contributed by atoms with Gasteiger partial charge < -0.3 is 10.4 Å². The van der Waals surface area contributed by atoms with Crippen molar-refractivity contribution < 1.29 is 9.90 Å². The van der Waals surface area contributed by atoms with E-state index in [2.05, 4.69) is 10.2 Å². The molecule has 0 bridgehead atoms. The number of rotatable bonds is 4. The third kappa shape index (κ3) is 3.07. The van der Waals surface area contributed by atoms with Crippen LogP contribution in [0.3, 0.4) is 0 Å². The molecule has 2 N–H and O–H groups in total. The van der Waals surface area contributed by atoms with E-state index in [9.17, 15) is 9.90 Å². The number of phenolic OH excluding ortho intramolecular Hbond substituents is 1. The van der Waals surface area contributed by atoms with Crippen LogP contribution in [0.5, 0.6) is 5.75 Å². The minimum atomic E-state index is 0.0473. The zero-order valence-corrected chi connectivity index (χ0v) is 11.8. The lowest BCUT2D eigenvalue weighted by atomic mass is 10.1. The van der Waals surface area contributed by atoms with E-state index in [4.69, 9.17) is 0 Å². The molecule has 0 saturated carbocycles. The molecule has 0 radical (unpaired) electrons. The van der Waals surface area contributed by atoms with Gasteiger partial charge in [-0.05, 0) is 50.9 Å². The number of aromatic hydroxyl groups is 1. The van der Waals surface area contributed by atoms with Crippen molar-refractivity contribution in [3.63, 3.8) is 0 Å². The lowest BCUT2D eigenvalue weighted by molar-refractivity contribution is -0.122. The Morgan fingerprint density at radius 1 is 1.53 bits per heavy atom. The molecule has 0 spiro atoms. The highest BCUT2D eigenvalue weighted by atomic mass is 16.3. The number of hydrogen-bond donors (Lipinski definition) is 2. The molecular formula is C15H22N2O2. The second kappa shape index (κ2) is 5.61. The van der Waals surface area contributed by atoms with Gasteiger partial charge in [-0.25, -0.2) is 0 Å². The second-order valence-electron chi connectivity index (χ2n) is 5.54. The van der Waals surface area contributed by atoms with Crippen LogP contribution >= 0.6 is 0 Å². The summed E-state index contributed by atoms with van der Waals surface area (Å²) in [4.78, 5) is 13.9. The van der Waals surface area contributed by atoms with Gasteiger partial charge in [-0.3, -0.25) is 9.69 Å². The molecular weight excluding hydrogens is 240 g/mol. The number of benzene rings is 1. The van der Waals surface area contributed by atoms with Crippen LogP contribution in [-0.2, 0) is 11.2 Å². The van der Waals surface area contributed by atoms with E-state index in [0.29, 0.717) is 12.3 Å². The van der Waals surface area contributed by atoms with Crippen molar-refractivity contribution in [3.8, 4) is 5.75 Å². The van der Waals surface area contributed by atoms with E-state index < -0.39 is 0 Å². The third-order valence-electron chi connectivity index (χ3n) is 3.59. The normalized spacial score (nSPS) is 17.8. The van der Waals surface area contributed by atoms with Crippen LogP contribution in [0.15, 0.2) is 18.2 Å². The molecule has 0 saturated heterocycles. The molecule has 0 fully saturated rings. The number of nitrogens with zero attached hydrogens (tertiary/aromatic N) is 1. The Morgan fingerprint density at radius 2 is 2.26 bits per heavy atom. The molecule has 1 unspecified atom stereocenters. The molecule has 0 aliphatic heterocycles. The highest BCUT2D eigenvalue weighted by Gasteiger charge is 2.28. The molecule has 104 valence electrons. The highest BCUT2D eigenvalue weighted by molar-refractivity contribution is 5.78. The first-order valence-corrected chi connectivity index (χ1v) is 6.79. The van der Waals surface area contributed by atoms with Crippen molar-refractivity contribution in [1.29, 1.82) is 0 Å². The van der Waals surface area contributed by atoms with Gasteiger partial charge in [-0.15, -0.1) is 0 Å². The van der Waals surface area contributed by atoms with Crippen LogP contribution in [-0.4, -0.2) is 35.5 Å². The number of carbonyl (C=O) groups excluding carboxylic acids is 1. The van der Waals surface area contributed by atoms with Crippen molar-refractivity contribution in [2.45, 2.75) is 38.8 Å². The molecule has 1 aliphatic rings. The van der Waals surface area contributed by atoms with E-state index in [1.165, 1.54) is 0 Å². The Kier molecular flexibility index (Phi) is 4.10. The van der Waals surface area contributed by atoms with Gasteiger partial charge in [0.1, 0.15) is 5.75 Å². The predicted octanol–water partition coefficient (Wildman–Crippen LogP) is 1.84. The van der Waals surface area contributed by atoms with Gasteiger partial charge in [0, 0.05) is 12.1 Å². The van der Waals surface area contributed by atoms with Crippen molar-refractivity contribution in [3.05, 3.63) is 29.3 Å². The molecule has 1 atom stereocenters. The number of phenols is 1. The second-order valence-corrected chi connectivity index (χ2v) is 5.54. The minimum Gasteiger partial charge on any atom is -0.508 e. The van der Waals surface area contributed by atoms with Crippen molar-refractivity contribution in [2.75, 3.05) is 13.6 Å². The number of amides is 1. The van der Waals surface area contributed by atoms with Gasteiger partial charge in [0.05, 0.1) is 6.54 Å². The maximum atomic E-state index is 11.8. The largest absolute Gasteiger partial charge is 0.508 e. The molecule has 2 rings (SSSR count). The zero-order valence-electron chi connectivity index (χ0n) is 11.8. The minimum absolute atomic E-state index is 0.0473. The molecule has 0 aromatic heterocycles. The summed E-state index contributed by atoms with van der Waals surface area (Å²) >= 11 is 0. The summed E-state index contributed by atoms with van der Waals surface area (Å²) in [5.41, 5.74) is 2.18. The summed E-state index contributed by atoms with van der Waals surface area (Å²) in [6.45, 7) is 4.31. The molecule has 1 aliphatic carbocycles. The number of fused-ring (bicyclic) bond motifs is 1. The summed E-state index contributed by atoms with van der Waals surface area (Å²) in [5.74, 6) is 0.422. The topological polar surface area (TPSA) is 52.6 Å². The Bertz CT molecular complexity index is 471. The molecule has 0 heterocycles. The van der Waals surface area contributed by atoms with Crippen LogP contribution in [0.2, 0.25) is 0 Å². The van der Waals surface area contributed by atoms with E-state index in [1.807, 2.05) is 33.0 Å². The smallest absolute Gasteiger partial charge is 0.234 e. The fourth-order valence-corrected chi connectivity index (χ4v) is 2.78. The van der Waals surface area contributed by atoms with Gasteiger partial charge >= 0.3 is 0 Å². The van der Waals surface area contributed by atoms with E-state index in [-0.39, 0.29) is 18.0 Å². The summed E-state index contributed by atoms with van der Waals surface area (Å²) in [6, 6.07) is 6.03. The Labute approximate surface area is 114 Å². The summed E-state index contributed by atoms with van der Waals surface area (Å²) in [7, 11) is 1.96. The lowest BCUT2D eigenvalue weighted by Crippen LogP contribution is -2.39. The van der Waals surface area contributed by atoms with Crippen molar-refractivity contribution in [2.24, 2.45) is 0 Å². The summed E-state index contributed by atoms with van der Waals surface area (Å²) in [6.07, 6.45) is 1.83. The SMILES string of the molecule is CC(C)NC(=O)CN(C)C1CCc2c(O)cccc21. The molecule has 1 amide bonds. The third-order valence-corrected chi connectivity index (χ3v) is 3.59. The van der Waals surface area contributed by atoms with E-state index >= 15 is 0 Å². The standard InChI is InChI=1S/C15H22N2O2/c1-10(2)16-15(19)9-17(3)13-8-7-12-11(13)5-4-6-14(12)18/h4-6,10,13,18H,7-9H2,1-3H3,(H,16,19). The molecule has 1 aromatic rings. The van der Waals surface area contributed by atoms with Crippen molar-refractivity contribution in [1.82, 2.24) is 10.2 Å². The average molecular weight is 262 g/mol. The van der Waals surface area contributed by atoms with E-state index in [1.54, 1.807) is 6.07 Å². The van der Waals surface area contributed by atoms with Crippen LogP contribution < -0.4 is 5.32 Å². The van der Waals surface area contributed by atoms with Gasteiger partial charge in [0.15, 0.2) is 0 Å². The number of nitrogens with one attached hydrogen (secondary N) is 1. The zero-order chi connectivity index (χ0) is 14.0. The fourth-order valence-electron chi connectivity index (χ4n) is 2.78. The Balaban J connectivity index is 2.05. The van der Waals surface area contributed by atoms with Crippen LogP contribution in [0, 0.1) is 0 Å². The van der Waals surface area contributed by atoms with Gasteiger partial charge in [-0.1, -0.05) is 12.1 Å². The summed E-state index contributed by atoms with van der Waals surface area (Å²) < 4.78 is 0. The first kappa shape index (κ1) is 13.9. The van der Waals surface area contributed by atoms with Gasteiger partial charge in [0.2, 0.25) is 5.91 Å². The maximum Gasteiger partial charge on any atom is 0.234 e. The number of hydrogen-bond acceptors (Lipinski definition) is 3. The molecule has 1 aromatic carbocycles. The predicted molar refractivity (Wildman–Crippen MR) is 75.1 cm³/mol. The van der Waals surface area contributed by atoms with Crippen LogP contribution in [0.4, 0.5) is 0 Å². The Morgan fingerprint density at radius 3 is 2.95 bits per heavy atom. The molecule has 4 heteroatoms. The first-order chi connectivity index (χ1) is 8.99. The van der Waals surface area contributed by atoms with E-state index in [0.717, 1.165) is 24.0 Å². The highest BCUT2D eigenvalue weighted by Crippen LogP contribution is 2.38. The summed E-state index contributed by atoms with van der Waals surface area (Å²) in [5, 5.41) is 12.7.